The van der Waals surface area contributed by atoms with Crippen molar-refractivity contribution in [3.63, 3.8) is 0 Å². The van der Waals surface area contributed by atoms with Gasteiger partial charge in [0.25, 0.3) is 5.56 Å². The summed E-state index contributed by atoms with van der Waals surface area (Å²) in [5, 5.41) is 1.83. The van der Waals surface area contributed by atoms with Gasteiger partial charge in [-0.2, -0.15) is 0 Å². The molecular formula is C14H20N4O2S. The molecule has 2 rings (SSSR count). The fraction of sp³-hybridized carbons (Fsp3) is 0.500. The van der Waals surface area contributed by atoms with Gasteiger partial charge in [0.1, 0.15) is 10.5 Å². The molecule has 2 aromatic rings. The molecule has 3 N–H and O–H groups in total. The van der Waals surface area contributed by atoms with Gasteiger partial charge in [-0.1, -0.05) is 13.3 Å². The Hall–Kier alpha value is -1.73. The van der Waals surface area contributed by atoms with Crippen molar-refractivity contribution in [3.05, 3.63) is 27.6 Å². The van der Waals surface area contributed by atoms with Crippen molar-refractivity contribution >= 4 is 27.5 Å². The Bertz CT molecular complexity index is 675. The van der Waals surface area contributed by atoms with Gasteiger partial charge < -0.3 is 15.6 Å². The molecule has 7 heteroatoms. The SMILES string of the molecule is CCC(CN)CC(=O)N(C)Cc1nc2ccsc2c(=O)[nH]1. The molecule has 0 bridgehead atoms. The highest BCUT2D eigenvalue weighted by molar-refractivity contribution is 7.17. The van der Waals surface area contributed by atoms with Crippen LogP contribution in [-0.2, 0) is 11.3 Å². The monoisotopic (exact) mass is 308 g/mol. The van der Waals surface area contributed by atoms with Gasteiger partial charge in [-0.3, -0.25) is 9.59 Å². The number of nitrogens with two attached hydrogens (primary N) is 1. The molecule has 0 fully saturated rings. The number of nitrogens with one attached hydrogen (secondary N) is 1. The number of carbonyl (C=O) groups is 1. The van der Waals surface area contributed by atoms with Crippen molar-refractivity contribution in [1.82, 2.24) is 14.9 Å². The van der Waals surface area contributed by atoms with Crippen molar-refractivity contribution in [1.29, 1.82) is 0 Å². The van der Waals surface area contributed by atoms with E-state index in [1.807, 2.05) is 18.4 Å². The van der Waals surface area contributed by atoms with Crippen LogP contribution < -0.4 is 11.3 Å². The Balaban J connectivity index is 2.08. The predicted molar refractivity (Wildman–Crippen MR) is 84.2 cm³/mol. The molecule has 0 aliphatic carbocycles. The Morgan fingerprint density at radius 1 is 1.57 bits per heavy atom. The van der Waals surface area contributed by atoms with Crippen LogP contribution in [0.3, 0.4) is 0 Å². The molecule has 6 nitrogen and oxygen atoms in total. The molecular weight excluding hydrogens is 288 g/mol. The summed E-state index contributed by atoms with van der Waals surface area (Å²) in [5.74, 6) is 0.717. The third kappa shape index (κ3) is 3.68. The van der Waals surface area contributed by atoms with Crippen LogP contribution in [0.4, 0.5) is 0 Å². The third-order valence-electron chi connectivity index (χ3n) is 3.55. The second kappa shape index (κ2) is 6.82. The fourth-order valence-corrected chi connectivity index (χ4v) is 2.83. The number of H-pyrrole nitrogens is 1. The van der Waals surface area contributed by atoms with Crippen molar-refractivity contribution in [2.24, 2.45) is 11.7 Å². The van der Waals surface area contributed by atoms with Gasteiger partial charge in [0.15, 0.2) is 0 Å². The number of rotatable bonds is 6. The van der Waals surface area contributed by atoms with Gasteiger partial charge in [-0.15, -0.1) is 11.3 Å². The smallest absolute Gasteiger partial charge is 0.268 e. The van der Waals surface area contributed by atoms with Gasteiger partial charge in [-0.05, 0) is 23.9 Å². The van der Waals surface area contributed by atoms with E-state index in [2.05, 4.69) is 9.97 Å². The van der Waals surface area contributed by atoms with E-state index in [-0.39, 0.29) is 17.4 Å². The number of fused-ring (bicyclic) bond motifs is 1. The summed E-state index contributed by atoms with van der Waals surface area (Å²) in [4.78, 5) is 32.7. The fourth-order valence-electron chi connectivity index (χ4n) is 2.11. The predicted octanol–water partition coefficient (Wildman–Crippen LogP) is 1.32. The number of carbonyl (C=O) groups excluding carboxylic acids is 1. The summed E-state index contributed by atoms with van der Waals surface area (Å²) in [6.07, 6.45) is 1.31. The van der Waals surface area contributed by atoms with Crippen LogP contribution in [0, 0.1) is 5.92 Å². The molecule has 21 heavy (non-hydrogen) atoms. The van der Waals surface area contributed by atoms with Crippen molar-refractivity contribution in [2.75, 3.05) is 13.6 Å². The van der Waals surface area contributed by atoms with Crippen LogP contribution in [-0.4, -0.2) is 34.4 Å². The summed E-state index contributed by atoms with van der Waals surface area (Å²) >= 11 is 1.36. The first kappa shape index (κ1) is 15.7. The number of thiophene rings is 1. The first-order valence-corrected chi connectivity index (χ1v) is 7.83. The van der Waals surface area contributed by atoms with Crippen molar-refractivity contribution in [3.8, 4) is 0 Å². The topological polar surface area (TPSA) is 92.1 Å². The summed E-state index contributed by atoms with van der Waals surface area (Å²) in [7, 11) is 1.71. The molecule has 114 valence electrons. The van der Waals surface area contributed by atoms with Crippen LogP contribution in [0.2, 0.25) is 0 Å². The molecule has 0 saturated heterocycles. The quantitative estimate of drug-likeness (QED) is 0.842. The zero-order chi connectivity index (χ0) is 15.4. The lowest BCUT2D eigenvalue weighted by Crippen LogP contribution is -2.31. The highest BCUT2D eigenvalue weighted by atomic mass is 32.1. The number of aromatic amines is 1. The number of hydrogen-bond donors (Lipinski definition) is 2. The Morgan fingerprint density at radius 3 is 3.00 bits per heavy atom. The van der Waals surface area contributed by atoms with Crippen LogP contribution in [0.15, 0.2) is 16.2 Å². The largest absolute Gasteiger partial charge is 0.338 e. The van der Waals surface area contributed by atoms with Gasteiger partial charge in [0, 0.05) is 13.5 Å². The highest BCUT2D eigenvalue weighted by Crippen LogP contribution is 2.14. The first-order chi connectivity index (χ1) is 10.0. The van der Waals surface area contributed by atoms with E-state index in [4.69, 9.17) is 5.73 Å². The molecule has 0 saturated carbocycles. The third-order valence-corrected chi connectivity index (χ3v) is 4.45. The lowest BCUT2D eigenvalue weighted by molar-refractivity contribution is -0.131. The molecule has 2 aromatic heterocycles. The second-order valence-electron chi connectivity index (χ2n) is 5.11. The Labute approximate surface area is 127 Å². The van der Waals surface area contributed by atoms with Crippen LogP contribution in [0.25, 0.3) is 10.2 Å². The standard InChI is InChI=1S/C14H20N4O2S/c1-3-9(7-15)6-12(19)18(2)8-11-16-10-4-5-21-13(10)14(20)17-11/h4-5,9H,3,6-8,15H2,1-2H3,(H,16,17,20). The molecule has 1 unspecified atom stereocenters. The maximum atomic E-state index is 12.1. The summed E-state index contributed by atoms with van der Waals surface area (Å²) in [6.45, 7) is 2.82. The molecule has 0 aliphatic rings. The minimum atomic E-state index is -0.153. The molecule has 0 radical (unpaired) electrons. The molecule has 0 aromatic carbocycles. The van der Waals surface area contributed by atoms with Gasteiger partial charge in [-0.25, -0.2) is 4.98 Å². The normalized spacial score (nSPS) is 12.5. The molecule has 0 aliphatic heterocycles. The Morgan fingerprint density at radius 2 is 2.33 bits per heavy atom. The summed E-state index contributed by atoms with van der Waals surface area (Å²) < 4.78 is 0.613. The molecule has 1 atom stereocenters. The van der Waals surface area contributed by atoms with E-state index in [0.29, 0.717) is 35.6 Å². The van der Waals surface area contributed by atoms with Crippen LogP contribution in [0.1, 0.15) is 25.6 Å². The molecule has 2 heterocycles. The van der Waals surface area contributed by atoms with Gasteiger partial charge in [0.2, 0.25) is 5.91 Å². The van der Waals surface area contributed by atoms with E-state index >= 15 is 0 Å². The first-order valence-electron chi connectivity index (χ1n) is 6.95. The number of nitrogens with zero attached hydrogens (tertiary/aromatic N) is 2. The molecule has 0 spiro atoms. The average Bonchev–Trinajstić information content (AvgIpc) is 2.93. The van der Waals surface area contributed by atoms with Crippen LogP contribution >= 0.6 is 11.3 Å². The van der Waals surface area contributed by atoms with Crippen molar-refractivity contribution in [2.45, 2.75) is 26.3 Å². The van der Waals surface area contributed by atoms with E-state index in [1.165, 1.54) is 11.3 Å². The summed E-state index contributed by atoms with van der Waals surface area (Å²) in [6, 6.07) is 1.81. The van der Waals surface area contributed by atoms with E-state index in [1.54, 1.807) is 11.9 Å². The van der Waals surface area contributed by atoms with Gasteiger partial charge in [0.05, 0.1) is 12.1 Å². The van der Waals surface area contributed by atoms with Gasteiger partial charge >= 0.3 is 0 Å². The number of amides is 1. The Kier molecular flexibility index (Phi) is 5.08. The maximum Gasteiger partial charge on any atom is 0.268 e. The minimum Gasteiger partial charge on any atom is -0.338 e. The second-order valence-corrected chi connectivity index (χ2v) is 6.03. The zero-order valence-corrected chi connectivity index (χ0v) is 13.1. The van der Waals surface area contributed by atoms with Crippen LogP contribution in [0.5, 0.6) is 0 Å². The number of hydrogen-bond acceptors (Lipinski definition) is 5. The average molecular weight is 308 g/mol. The van der Waals surface area contributed by atoms with E-state index < -0.39 is 0 Å². The minimum absolute atomic E-state index is 0.0142. The number of aromatic nitrogens is 2. The summed E-state index contributed by atoms with van der Waals surface area (Å²) in [5.41, 5.74) is 6.15. The maximum absolute atomic E-state index is 12.1. The zero-order valence-electron chi connectivity index (χ0n) is 12.3. The molecule has 1 amide bonds. The van der Waals surface area contributed by atoms with E-state index in [9.17, 15) is 9.59 Å². The lowest BCUT2D eigenvalue weighted by atomic mass is 10.0. The van der Waals surface area contributed by atoms with E-state index in [0.717, 1.165) is 6.42 Å². The highest BCUT2D eigenvalue weighted by Gasteiger charge is 2.16. The lowest BCUT2D eigenvalue weighted by Gasteiger charge is -2.19. The van der Waals surface area contributed by atoms with Crippen molar-refractivity contribution < 1.29 is 4.79 Å².